The summed E-state index contributed by atoms with van der Waals surface area (Å²) < 4.78 is 11.2. The van der Waals surface area contributed by atoms with Crippen molar-refractivity contribution < 1.29 is 19.1 Å². The highest BCUT2D eigenvalue weighted by Crippen LogP contribution is 2.43. The summed E-state index contributed by atoms with van der Waals surface area (Å²) in [7, 11) is -0.301. The predicted octanol–water partition coefficient (Wildman–Crippen LogP) is 5.15. The van der Waals surface area contributed by atoms with E-state index >= 15 is 0 Å². The molecule has 1 aliphatic carbocycles. The van der Waals surface area contributed by atoms with Gasteiger partial charge in [-0.15, -0.1) is 0 Å². The monoisotopic (exact) mass is 386 g/mol. The Morgan fingerprint density at radius 3 is 2.31 bits per heavy atom. The number of aliphatic hydroxyl groups excluding tert-OH is 1. The average molecular weight is 387 g/mol. The lowest BCUT2D eigenvalue weighted by Gasteiger charge is -2.38. The quantitative estimate of drug-likeness (QED) is 0.320. The SMILES string of the molecule is COC(=O)CCCCCC[C@@H]1[C@@H](CO[Si](C)(C)C(C)(C)C)[C@H](C)C[C@@H]1O. The Morgan fingerprint density at radius 2 is 1.73 bits per heavy atom. The molecule has 0 amide bonds. The summed E-state index contributed by atoms with van der Waals surface area (Å²) in [5, 5.41) is 10.7. The van der Waals surface area contributed by atoms with Crippen molar-refractivity contribution in [2.45, 2.75) is 96.9 Å². The van der Waals surface area contributed by atoms with Gasteiger partial charge in [0.2, 0.25) is 0 Å². The van der Waals surface area contributed by atoms with Gasteiger partial charge in [0.05, 0.1) is 13.2 Å². The van der Waals surface area contributed by atoms with E-state index in [0.717, 1.165) is 45.1 Å². The van der Waals surface area contributed by atoms with Gasteiger partial charge in [0.15, 0.2) is 8.32 Å². The van der Waals surface area contributed by atoms with Gasteiger partial charge in [0, 0.05) is 13.0 Å². The van der Waals surface area contributed by atoms with E-state index in [9.17, 15) is 9.90 Å². The van der Waals surface area contributed by atoms with Crippen LogP contribution in [0.4, 0.5) is 0 Å². The van der Waals surface area contributed by atoms with Crippen LogP contribution in [0.1, 0.15) is 72.6 Å². The lowest BCUT2D eigenvalue weighted by molar-refractivity contribution is -0.140. The molecular weight excluding hydrogens is 344 g/mol. The Labute approximate surface area is 162 Å². The summed E-state index contributed by atoms with van der Waals surface area (Å²) in [5.74, 6) is 1.23. The van der Waals surface area contributed by atoms with E-state index in [-0.39, 0.29) is 17.1 Å². The van der Waals surface area contributed by atoms with Crippen LogP contribution in [0, 0.1) is 17.8 Å². The number of aliphatic hydroxyl groups is 1. The molecule has 0 spiro atoms. The number of carbonyl (C=O) groups excluding carboxylic acids is 1. The standard InChI is InChI=1S/C21H42O4Si/c1-16-14-19(22)17(12-10-8-9-11-13-20(23)24-5)18(16)15-25-26(6,7)21(2,3)4/h16-19,22H,8-15H2,1-7H3/t16-,17-,18+,19+/m1/s1. The largest absolute Gasteiger partial charge is 0.469 e. The van der Waals surface area contributed by atoms with Crippen LogP contribution in [0.15, 0.2) is 0 Å². The number of hydrogen-bond acceptors (Lipinski definition) is 4. The Balaban J connectivity index is 2.43. The van der Waals surface area contributed by atoms with Crippen LogP contribution < -0.4 is 0 Å². The number of hydrogen-bond donors (Lipinski definition) is 1. The van der Waals surface area contributed by atoms with Crippen LogP contribution in [-0.2, 0) is 14.0 Å². The predicted molar refractivity (Wildman–Crippen MR) is 110 cm³/mol. The minimum Gasteiger partial charge on any atom is -0.469 e. The first-order valence-electron chi connectivity index (χ1n) is 10.4. The Bertz CT molecular complexity index is 430. The minimum atomic E-state index is -1.74. The summed E-state index contributed by atoms with van der Waals surface area (Å²) in [6, 6.07) is 0. The lowest BCUT2D eigenvalue weighted by Crippen LogP contribution is -2.42. The molecule has 1 N–H and O–H groups in total. The molecule has 0 aliphatic heterocycles. The van der Waals surface area contributed by atoms with Gasteiger partial charge >= 0.3 is 5.97 Å². The van der Waals surface area contributed by atoms with Gasteiger partial charge in [-0.25, -0.2) is 0 Å². The molecule has 1 rings (SSSR count). The molecule has 0 aromatic carbocycles. The maximum Gasteiger partial charge on any atom is 0.305 e. The molecule has 0 aromatic heterocycles. The summed E-state index contributed by atoms with van der Waals surface area (Å²) in [6.45, 7) is 14.5. The zero-order valence-corrected chi connectivity index (χ0v) is 19.1. The maximum atomic E-state index is 11.1. The van der Waals surface area contributed by atoms with E-state index in [1.165, 1.54) is 7.11 Å². The fourth-order valence-corrected chi connectivity index (χ4v) is 4.80. The van der Waals surface area contributed by atoms with E-state index in [0.29, 0.717) is 24.2 Å². The molecular formula is C21H42O4Si. The number of methoxy groups -OCH3 is 1. The molecule has 1 saturated carbocycles. The van der Waals surface area contributed by atoms with Gasteiger partial charge in [0.1, 0.15) is 0 Å². The minimum absolute atomic E-state index is 0.118. The van der Waals surface area contributed by atoms with Gasteiger partial charge in [0.25, 0.3) is 0 Å². The molecule has 0 heterocycles. The van der Waals surface area contributed by atoms with Gasteiger partial charge in [-0.1, -0.05) is 47.0 Å². The lowest BCUT2D eigenvalue weighted by atomic mass is 9.87. The highest BCUT2D eigenvalue weighted by Gasteiger charge is 2.43. The molecule has 0 saturated heterocycles. The van der Waals surface area contributed by atoms with Crippen LogP contribution >= 0.6 is 0 Å². The van der Waals surface area contributed by atoms with E-state index < -0.39 is 8.32 Å². The van der Waals surface area contributed by atoms with Crippen LogP contribution in [0.2, 0.25) is 18.1 Å². The molecule has 4 nitrogen and oxygen atoms in total. The molecule has 154 valence electrons. The highest BCUT2D eigenvalue weighted by molar-refractivity contribution is 6.74. The van der Waals surface area contributed by atoms with Crippen molar-refractivity contribution in [3.8, 4) is 0 Å². The molecule has 5 heteroatoms. The molecule has 1 fully saturated rings. The Hall–Kier alpha value is -0.393. The molecule has 4 atom stereocenters. The number of esters is 1. The second kappa shape index (κ2) is 10.2. The number of carbonyl (C=O) groups is 1. The number of ether oxygens (including phenoxy) is 1. The van der Waals surface area contributed by atoms with E-state index in [1.807, 2.05) is 0 Å². The van der Waals surface area contributed by atoms with Crippen LogP contribution in [-0.4, -0.2) is 39.2 Å². The maximum absolute atomic E-state index is 11.1. The first kappa shape index (κ1) is 23.6. The van der Waals surface area contributed by atoms with Crippen molar-refractivity contribution in [3.05, 3.63) is 0 Å². The van der Waals surface area contributed by atoms with Crippen molar-refractivity contribution in [3.63, 3.8) is 0 Å². The third-order valence-electron chi connectivity index (χ3n) is 6.73. The molecule has 0 aromatic rings. The topological polar surface area (TPSA) is 55.8 Å². The van der Waals surface area contributed by atoms with Crippen LogP contribution in [0.25, 0.3) is 0 Å². The molecule has 0 bridgehead atoms. The highest BCUT2D eigenvalue weighted by atomic mass is 28.4. The van der Waals surface area contributed by atoms with E-state index in [4.69, 9.17) is 4.43 Å². The Kier molecular flexibility index (Phi) is 9.31. The smallest absolute Gasteiger partial charge is 0.305 e. The molecule has 26 heavy (non-hydrogen) atoms. The normalized spacial score (nSPS) is 26.9. The zero-order valence-electron chi connectivity index (χ0n) is 18.1. The van der Waals surface area contributed by atoms with Crippen molar-refractivity contribution in [2.75, 3.05) is 13.7 Å². The van der Waals surface area contributed by atoms with Gasteiger partial charge < -0.3 is 14.3 Å². The summed E-state index contributed by atoms with van der Waals surface area (Å²) in [5.41, 5.74) is 0. The molecule has 0 unspecified atom stereocenters. The van der Waals surface area contributed by atoms with Crippen LogP contribution in [0.5, 0.6) is 0 Å². The van der Waals surface area contributed by atoms with Crippen molar-refractivity contribution in [2.24, 2.45) is 17.8 Å². The molecule has 0 radical (unpaired) electrons. The second-order valence-electron chi connectivity index (χ2n) is 9.71. The summed E-state index contributed by atoms with van der Waals surface area (Å²) in [4.78, 5) is 11.1. The first-order chi connectivity index (χ1) is 12.0. The molecule has 1 aliphatic rings. The summed E-state index contributed by atoms with van der Waals surface area (Å²) in [6.07, 6.45) is 6.48. The van der Waals surface area contributed by atoms with Gasteiger partial charge in [-0.3, -0.25) is 4.79 Å². The Morgan fingerprint density at radius 1 is 1.12 bits per heavy atom. The van der Waals surface area contributed by atoms with E-state index in [2.05, 4.69) is 45.5 Å². The zero-order chi connectivity index (χ0) is 20.0. The van der Waals surface area contributed by atoms with Gasteiger partial charge in [-0.05, 0) is 55.1 Å². The third-order valence-corrected chi connectivity index (χ3v) is 11.2. The third kappa shape index (κ3) is 6.97. The van der Waals surface area contributed by atoms with Crippen molar-refractivity contribution >= 4 is 14.3 Å². The first-order valence-corrected chi connectivity index (χ1v) is 13.3. The second-order valence-corrected chi connectivity index (χ2v) is 14.5. The fourth-order valence-electron chi connectivity index (χ4n) is 3.76. The summed E-state index contributed by atoms with van der Waals surface area (Å²) >= 11 is 0. The average Bonchev–Trinajstić information content (AvgIpc) is 2.80. The van der Waals surface area contributed by atoms with Gasteiger partial charge in [-0.2, -0.15) is 0 Å². The van der Waals surface area contributed by atoms with Crippen LogP contribution in [0.3, 0.4) is 0 Å². The van der Waals surface area contributed by atoms with Crippen molar-refractivity contribution in [1.29, 1.82) is 0 Å². The van der Waals surface area contributed by atoms with E-state index in [1.54, 1.807) is 0 Å². The number of unbranched alkanes of at least 4 members (excludes halogenated alkanes) is 3. The number of rotatable bonds is 10. The fraction of sp³-hybridized carbons (Fsp3) is 0.952. The van der Waals surface area contributed by atoms with Crippen molar-refractivity contribution in [1.82, 2.24) is 0 Å².